The van der Waals surface area contributed by atoms with Crippen LogP contribution in [-0.4, -0.2) is 33.4 Å². The van der Waals surface area contributed by atoms with Gasteiger partial charge in [0.05, 0.1) is 5.56 Å². The van der Waals surface area contributed by atoms with Gasteiger partial charge in [-0.1, -0.05) is 26.0 Å². The van der Waals surface area contributed by atoms with Crippen molar-refractivity contribution in [3.05, 3.63) is 53.5 Å². The van der Waals surface area contributed by atoms with E-state index < -0.39 is 17.8 Å². The molecule has 1 aromatic carbocycles. The van der Waals surface area contributed by atoms with Gasteiger partial charge in [0.1, 0.15) is 17.7 Å². The average molecular weight is 392 g/mol. The van der Waals surface area contributed by atoms with Gasteiger partial charge in [0.15, 0.2) is 0 Å². The predicted octanol–water partition coefficient (Wildman–Crippen LogP) is 4.22. The number of piperidine rings is 1. The Morgan fingerprint density at radius 2 is 2.07 bits per heavy atom. The number of carbonyl (C=O) groups excluding carboxylic acids is 1. The Morgan fingerprint density at radius 1 is 1.29 bits per heavy atom. The minimum Gasteiger partial charge on any atom is -0.358 e. The molecule has 8 heteroatoms. The van der Waals surface area contributed by atoms with Gasteiger partial charge in [0.2, 0.25) is 5.91 Å². The molecule has 2 aromatic rings. The zero-order valence-corrected chi connectivity index (χ0v) is 15.8. The molecule has 0 saturated carbocycles. The smallest absolute Gasteiger partial charge is 0.358 e. The highest BCUT2D eigenvalue weighted by Gasteiger charge is 2.32. The highest BCUT2D eigenvalue weighted by molar-refractivity contribution is 5.85. The summed E-state index contributed by atoms with van der Waals surface area (Å²) in [6, 6.07) is 6.38. The van der Waals surface area contributed by atoms with Crippen LogP contribution < -0.4 is 5.32 Å². The van der Waals surface area contributed by atoms with Crippen LogP contribution in [0.1, 0.15) is 49.6 Å². The summed E-state index contributed by atoms with van der Waals surface area (Å²) in [5, 5.41) is 3.15. The molecule has 1 fully saturated rings. The normalized spacial score (nSPS) is 17.9. The van der Waals surface area contributed by atoms with Gasteiger partial charge in [-0.3, -0.25) is 4.79 Å². The lowest BCUT2D eigenvalue weighted by Crippen LogP contribution is -2.47. The number of hydrogen-bond acceptors (Lipinski definition) is 4. The number of nitrogens with zero attached hydrogens (tertiary/aromatic N) is 3. The van der Waals surface area contributed by atoms with Crippen molar-refractivity contribution >= 4 is 11.7 Å². The number of likely N-dealkylation sites (tertiary alicyclic amines) is 1. The van der Waals surface area contributed by atoms with E-state index in [1.165, 1.54) is 6.07 Å². The molecule has 5 nitrogen and oxygen atoms in total. The maximum atomic E-state index is 12.9. The van der Waals surface area contributed by atoms with Gasteiger partial charge in [-0.15, -0.1) is 0 Å². The first kappa shape index (κ1) is 20.1. The lowest BCUT2D eigenvalue weighted by molar-refractivity contribution is -0.137. The van der Waals surface area contributed by atoms with E-state index in [9.17, 15) is 18.0 Å². The summed E-state index contributed by atoms with van der Waals surface area (Å²) in [6.45, 7) is 4.65. The molecule has 1 aliphatic rings. The molecule has 150 valence electrons. The van der Waals surface area contributed by atoms with E-state index in [1.54, 1.807) is 23.2 Å². The monoisotopic (exact) mass is 392 g/mol. The summed E-state index contributed by atoms with van der Waals surface area (Å²) in [5.41, 5.74) is -0.237. The Kier molecular flexibility index (Phi) is 5.86. The maximum absolute atomic E-state index is 12.9. The first-order valence-corrected chi connectivity index (χ1v) is 9.28. The number of halogens is 3. The van der Waals surface area contributed by atoms with Gasteiger partial charge in [-0.2, -0.15) is 13.2 Å². The molecular weight excluding hydrogens is 369 g/mol. The van der Waals surface area contributed by atoms with E-state index in [4.69, 9.17) is 0 Å². The SMILES string of the molecule is CC(C)c1nccc(NC2CCCN(Cc3cccc(C(F)(F)F)c3)C2=O)n1. The Labute approximate surface area is 162 Å². The van der Waals surface area contributed by atoms with Gasteiger partial charge < -0.3 is 10.2 Å². The zero-order valence-electron chi connectivity index (χ0n) is 15.8. The number of benzene rings is 1. The molecule has 1 unspecified atom stereocenters. The quantitative estimate of drug-likeness (QED) is 0.828. The van der Waals surface area contributed by atoms with Crippen LogP contribution in [0.15, 0.2) is 36.5 Å². The fourth-order valence-electron chi connectivity index (χ4n) is 3.21. The van der Waals surface area contributed by atoms with E-state index >= 15 is 0 Å². The number of anilines is 1. The standard InChI is InChI=1S/C20H23F3N4O/c1-13(2)18-24-9-8-17(26-18)25-16-7-4-10-27(19(16)28)12-14-5-3-6-15(11-14)20(21,22)23/h3,5-6,8-9,11,13,16H,4,7,10,12H2,1-2H3,(H,24,25,26). The third-order valence-corrected chi connectivity index (χ3v) is 4.67. The largest absolute Gasteiger partial charge is 0.416 e. The van der Waals surface area contributed by atoms with E-state index in [2.05, 4.69) is 15.3 Å². The number of nitrogens with one attached hydrogen (secondary N) is 1. The predicted molar refractivity (Wildman–Crippen MR) is 99.6 cm³/mol. The van der Waals surface area contributed by atoms with Crippen molar-refractivity contribution in [1.82, 2.24) is 14.9 Å². The van der Waals surface area contributed by atoms with Crippen LogP contribution in [0.2, 0.25) is 0 Å². The van der Waals surface area contributed by atoms with Crippen LogP contribution in [0.5, 0.6) is 0 Å². The second kappa shape index (κ2) is 8.16. The van der Waals surface area contributed by atoms with Crippen LogP contribution in [-0.2, 0) is 17.5 Å². The van der Waals surface area contributed by atoms with Crippen LogP contribution >= 0.6 is 0 Å². The van der Waals surface area contributed by atoms with Gasteiger partial charge >= 0.3 is 6.18 Å². The molecular formula is C20H23F3N4O. The number of alkyl halides is 3. The van der Waals surface area contributed by atoms with Gasteiger partial charge in [-0.05, 0) is 36.6 Å². The Bertz CT molecular complexity index is 838. The van der Waals surface area contributed by atoms with Crippen molar-refractivity contribution in [3.8, 4) is 0 Å². The van der Waals surface area contributed by atoms with Crippen molar-refractivity contribution in [1.29, 1.82) is 0 Å². The van der Waals surface area contributed by atoms with E-state index in [0.717, 1.165) is 18.6 Å². The van der Waals surface area contributed by atoms with Crippen molar-refractivity contribution in [2.75, 3.05) is 11.9 Å². The second-order valence-electron chi connectivity index (χ2n) is 7.25. The summed E-state index contributed by atoms with van der Waals surface area (Å²) >= 11 is 0. The van der Waals surface area contributed by atoms with Crippen LogP contribution in [0.3, 0.4) is 0 Å². The molecule has 0 bridgehead atoms. The highest BCUT2D eigenvalue weighted by atomic mass is 19.4. The van der Waals surface area contributed by atoms with E-state index in [1.807, 2.05) is 13.8 Å². The summed E-state index contributed by atoms with van der Waals surface area (Å²) in [6.07, 6.45) is -1.32. The molecule has 0 radical (unpaired) electrons. The Morgan fingerprint density at radius 3 is 2.79 bits per heavy atom. The first-order chi connectivity index (χ1) is 13.2. The number of aromatic nitrogens is 2. The van der Waals surface area contributed by atoms with Crippen molar-refractivity contribution in [2.45, 2.75) is 51.4 Å². The maximum Gasteiger partial charge on any atom is 0.416 e. The molecule has 28 heavy (non-hydrogen) atoms. The molecule has 0 aliphatic carbocycles. The Hall–Kier alpha value is -2.64. The van der Waals surface area contributed by atoms with Crippen LogP contribution in [0.25, 0.3) is 0 Å². The van der Waals surface area contributed by atoms with Gasteiger partial charge in [0.25, 0.3) is 0 Å². The van der Waals surface area contributed by atoms with Gasteiger partial charge in [-0.25, -0.2) is 9.97 Å². The summed E-state index contributed by atoms with van der Waals surface area (Å²) in [4.78, 5) is 23.1. The lowest BCUT2D eigenvalue weighted by Gasteiger charge is -2.33. The Balaban J connectivity index is 1.70. The molecule has 2 heterocycles. The molecule has 0 spiro atoms. The van der Waals surface area contributed by atoms with Crippen molar-refractivity contribution < 1.29 is 18.0 Å². The number of hydrogen-bond donors (Lipinski definition) is 1. The molecule has 1 atom stereocenters. The highest BCUT2D eigenvalue weighted by Crippen LogP contribution is 2.30. The second-order valence-corrected chi connectivity index (χ2v) is 7.25. The average Bonchev–Trinajstić information content (AvgIpc) is 2.65. The first-order valence-electron chi connectivity index (χ1n) is 9.28. The number of carbonyl (C=O) groups is 1. The summed E-state index contributed by atoms with van der Waals surface area (Å²) in [7, 11) is 0. The van der Waals surface area contributed by atoms with Crippen LogP contribution in [0, 0.1) is 0 Å². The lowest BCUT2D eigenvalue weighted by atomic mass is 10.0. The van der Waals surface area contributed by atoms with E-state index in [0.29, 0.717) is 30.2 Å². The molecule has 3 rings (SSSR count). The minimum atomic E-state index is -4.40. The zero-order chi connectivity index (χ0) is 20.3. The summed E-state index contributed by atoms with van der Waals surface area (Å²) in [5.74, 6) is 1.31. The van der Waals surface area contributed by atoms with E-state index in [-0.39, 0.29) is 18.4 Å². The van der Waals surface area contributed by atoms with Crippen molar-refractivity contribution in [2.24, 2.45) is 0 Å². The molecule has 1 aliphatic heterocycles. The topological polar surface area (TPSA) is 58.1 Å². The number of amides is 1. The molecule has 1 aromatic heterocycles. The fourth-order valence-corrected chi connectivity index (χ4v) is 3.21. The fraction of sp³-hybridized carbons (Fsp3) is 0.450. The molecule has 1 N–H and O–H groups in total. The third-order valence-electron chi connectivity index (χ3n) is 4.67. The van der Waals surface area contributed by atoms with Crippen molar-refractivity contribution in [3.63, 3.8) is 0 Å². The van der Waals surface area contributed by atoms with Crippen LogP contribution in [0.4, 0.5) is 19.0 Å². The summed E-state index contributed by atoms with van der Waals surface area (Å²) < 4.78 is 38.7. The molecule has 1 saturated heterocycles. The number of rotatable bonds is 5. The minimum absolute atomic E-state index is 0.131. The molecule has 1 amide bonds. The third kappa shape index (κ3) is 4.79. The van der Waals surface area contributed by atoms with Gasteiger partial charge in [0, 0.05) is 25.2 Å².